The van der Waals surface area contributed by atoms with Crippen LogP contribution in [0.15, 0.2) is 140 Å². The molecule has 0 N–H and O–H groups in total. The molecule has 1 nitrogen and oxygen atoms in total. The van der Waals surface area contributed by atoms with Crippen LogP contribution in [0.2, 0.25) is 0 Å². The van der Waals surface area contributed by atoms with Crippen LogP contribution < -0.4 is 0 Å². The lowest BCUT2D eigenvalue weighted by molar-refractivity contribution is 1.41. The lowest BCUT2D eigenvalue weighted by Crippen LogP contribution is -1.86. The van der Waals surface area contributed by atoms with E-state index in [0.29, 0.717) is 0 Å². The maximum atomic E-state index is 2.55. The zero-order valence-electron chi connectivity index (χ0n) is 22.2. The van der Waals surface area contributed by atoms with Crippen molar-refractivity contribution in [3.8, 4) is 33.4 Å². The van der Waals surface area contributed by atoms with Gasteiger partial charge in [0.1, 0.15) is 0 Å². The predicted molar refractivity (Wildman–Crippen MR) is 175 cm³/mol. The zero-order chi connectivity index (χ0) is 26.7. The van der Waals surface area contributed by atoms with Crippen LogP contribution in [-0.2, 0) is 0 Å². The van der Waals surface area contributed by atoms with Gasteiger partial charge in [-0.25, -0.2) is 0 Å². The van der Waals surface area contributed by atoms with Gasteiger partial charge in [0.2, 0.25) is 0 Å². The van der Waals surface area contributed by atoms with Crippen LogP contribution in [0, 0.1) is 0 Å². The summed E-state index contributed by atoms with van der Waals surface area (Å²) in [6.07, 6.45) is 0. The Balaban J connectivity index is 1.36. The highest BCUT2D eigenvalue weighted by Gasteiger charge is 2.26. The van der Waals surface area contributed by atoms with E-state index in [1.807, 2.05) is 0 Å². The van der Waals surface area contributed by atoms with E-state index < -0.39 is 0 Å². The maximum absolute atomic E-state index is 2.55. The number of hydrogen-bond acceptors (Lipinski definition) is 0. The van der Waals surface area contributed by atoms with Gasteiger partial charge in [0, 0.05) is 32.3 Å². The minimum Gasteiger partial charge on any atom is -0.307 e. The molecule has 0 unspecified atom stereocenters. The number of benzene rings is 7. The first kappa shape index (κ1) is 21.4. The van der Waals surface area contributed by atoms with Crippen molar-refractivity contribution >= 4 is 59.6 Å². The molecule has 0 atom stereocenters. The fraction of sp³-hybridized carbons (Fsp3) is 0. The minimum absolute atomic E-state index is 1.23. The molecule has 0 spiro atoms. The topological polar surface area (TPSA) is 4.41 Å². The highest BCUT2D eigenvalue weighted by Crippen LogP contribution is 2.50. The van der Waals surface area contributed by atoms with Crippen molar-refractivity contribution in [3.05, 3.63) is 140 Å². The molecule has 0 amide bonds. The van der Waals surface area contributed by atoms with Crippen molar-refractivity contribution in [3.63, 3.8) is 0 Å². The molecule has 3 heterocycles. The fourth-order valence-corrected chi connectivity index (χ4v) is 7.43. The van der Waals surface area contributed by atoms with Crippen molar-refractivity contribution in [2.45, 2.75) is 0 Å². The summed E-state index contributed by atoms with van der Waals surface area (Å²) in [4.78, 5) is 0. The smallest absolute Gasteiger partial charge is 0.0627 e. The monoisotopic (exact) mass is 517 g/mol. The number of rotatable bonds is 3. The molecule has 0 bridgehead atoms. The molecule has 3 aromatic heterocycles. The molecule has 0 aliphatic heterocycles. The van der Waals surface area contributed by atoms with E-state index in [9.17, 15) is 0 Å². The molecule has 188 valence electrons. The molecule has 0 radical (unpaired) electrons. The summed E-state index contributed by atoms with van der Waals surface area (Å²) in [6, 6.07) is 51.5. The van der Waals surface area contributed by atoms with Crippen LogP contribution in [0.1, 0.15) is 0 Å². The molecular formula is C40H23N. The van der Waals surface area contributed by atoms with Crippen molar-refractivity contribution in [1.82, 2.24) is 4.40 Å². The molecule has 0 fully saturated rings. The summed E-state index contributed by atoms with van der Waals surface area (Å²) in [5.41, 5.74) is 11.5. The summed E-state index contributed by atoms with van der Waals surface area (Å²) in [7, 11) is 0. The van der Waals surface area contributed by atoms with Crippen molar-refractivity contribution in [2.75, 3.05) is 0 Å². The first-order chi connectivity index (χ1) is 20.3. The van der Waals surface area contributed by atoms with Gasteiger partial charge < -0.3 is 4.40 Å². The molecule has 0 saturated heterocycles. The summed E-state index contributed by atoms with van der Waals surface area (Å²) in [5.74, 6) is 0. The quantitative estimate of drug-likeness (QED) is 0.219. The summed E-state index contributed by atoms with van der Waals surface area (Å²) in [6.45, 7) is 0. The molecular weight excluding hydrogens is 494 g/mol. The van der Waals surface area contributed by atoms with Crippen LogP contribution >= 0.6 is 0 Å². The molecule has 7 aromatic carbocycles. The number of para-hydroxylation sites is 1. The Kier molecular flexibility index (Phi) is 3.98. The van der Waals surface area contributed by atoms with Crippen molar-refractivity contribution in [1.29, 1.82) is 0 Å². The third-order valence-corrected chi connectivity index (χ3v) is 9.17. The van der Waals surface area contributed by atoms with Crippen molar-refractivity contribution < 1.29 is 0 Å². The Labute approximate surface area is 236 Å². The largest absolute Gasteiger partial charge is 0.307 e. The van der Waals surface area contributed by atoms with Gasteiger partial charge in [-0.05, 0) is 80.6 Å². The highest BCUT2D eigenvalue weighted by atomic mass is 14.9. The fourth-order valence-electron chi connectivity index (χ4n) is 7.43. The Morgan fingerprint density at radius 2 is 0.780 bits per heavy atom. The predicted octanol–water partition coefficient (Wildman–Crippen LogP) is 11.0. The standard InChI is InChI=1S/C40H23N/c1-3-10-24(11-4-1)27-18-28(25-12-5-2-6-13-25)20-29(19-27)30-22-34-32-16-9-17-33-35-21-26-14-7-8-15-31(26)37-36(23-30)39(34)41(38(32)33)40(35)37/h1-23H. The van der Waals surface area contributed by atoms with Gasteiger partial charge in [0.15, 0.2) is 0 Å². The second-order valence-corrected chi connectivity index (χ2v) is 11.4. The van der Waals surface area contributed by atoms with Gasteiger partial charge >= 0.3 is 0 Å². The Hall–Kier alpha value is -5.40. The summed E-state index contributed by atoms with van der Waals surface area (Å²) < 4.78 is 2.55. The highest BCUT2D eigenvalue weighted by molar-refractivity contribution is 6.38. The number of fused-ring (bicyclic) bond motifs is 5. The van der Waals surface area contributed by atoms with E-state index in [-0.39, 0.29) is 0 Å². The lowest BCUT2D eigenvalue weighted by Gasteiger charge is -2.12. The normalized spacial score (nSPS) is 12.4. The van der Waals surface area contributed by atoms with Crippen molar-refractivity contribution in [2.24, 2.45) is 0 Å². The Morgan fingerprint density at radius 1 is 0.293 bits per heavy atom. The van der Waals surface area contributed by atoms with Gasteiger partial charge in [0.05, 0.1) is 16.6 Å². The van der Waals surface area contributed by atoms with Gasteiger partial charge in [-0.3, -0.25) is 0 Å². The molecule has 0 aliphatic rings. The molecule has 0 saturated carbocycles. The summed E-state index contributed by atoms with van der Waals surface area (Å²) >= 11 is 0. The van der Waals surface area contributed by atoms with E-state index in [2.05, 4.69) is 144 Å². The molecule has 0 aliphatic carbocycles. The first-order valence-corrected chi connectivity index (χ1v) is 14.3. The first-order valence-electron chi connectivity index (χ1n) is 14.3. The van der Waals surface area contributed by atoms with Crippen LogP contribution in [0.5, 0.6) is 0 Å². The third-order valence-electron chi connectivity index (χ3n) is 9.17. The van der Waals surface area contributed by atoms with Gasteiger partial charge in [0.25, 0.3) is 0 Å². The molecule has 10 aromatic rings. The third kappa shape index (κ3) is 2.75. The Morgan fingerprint density at radius 3 is 1.46 bits per heavy atom. The maximum Gasteiger partial charge on any atom is 0.0627 e. The molecule has 10 rings (SSSR count). The zero-order valence-corrected chi connectivity index (χ0v) is 22.2. The average Bonchev–Trinajstić information content (AvgIpc) is 3.68. The number of aromatic nitrogens is 1. The van der Waals surface area contributed by atoms with Crippen LogP contribution in [0.4, 0.5) is 0 Å². The van der Waals surface area contributed by atoms with Gasteiger partial charge in [-0.15, -0.1) is 0 Å². The van der Waals surface area contributed by atoms with E-state index in [1.165, 1.54) is 93.0 Å². The summed E-state index contributed by atoms with van der Waals surface area (Å²) in [5, 5.41) is 10.7. The number of nitrogens with zero attached hydrogens (tertiary/aromatic N) is 1. The average molecular weight is 518 g/mol. The van der Waals surface area contributed by atoms with Crippen LogP contribution in [0.3, 0.4) is 0 Å². The van der Waals surface area contributed by atoms with Crippen LogP contribution in [0.25, 0.3) is 93.0 Å². The second kappa shape index (κ2) is 7.62. The minimum atomic E-state index is 1.23. The van der Waals surface area contributed by atoms with Gasteiger partial charge in [-0.1, -0.05) is 103 Å². The molecule has 41 heavy (non-hydrogen) atoms. The Bertz CT molecular complexity index is 2490. The van der Waals surface area contributed by atoms with E-state index in [0.717, 1.165) is 0 Å². The number of hydrogen-bond donors (Lipinski definition) is 0. The second-order valence-electron chi connectivity index (χ2n) is 11.4. The van der Waals surface area contributed by atoms with Crippen LogP contribution in [-0.4, -0.2) is 4.40 Å². The van der Waals surface area contributed by atoms with Gasteiger partial charge in [-0.2, -0.15) is 0 Å². The van der Waals surface area contributed by atoms with E-state index >= 15 is 0 Å². The van der Waals surface area contributed by atoms with E-state index in [1.54, 1.807) is 0 Å². The lowest BCUT2D eigenvalue weighted by atomic mass is 9.92. The SMILES string of the molecule is c1ccc(-c2cc(-c3ccccc3)cc(-c3cc4c5cccc6c7cc8ccccc8c8c(c3)c4n(c56)c78)c2)cc1. The van der Waals surface area contributed by atoms with E-state index in [4.69, 9.17) is 0 Å². The molecule has 1 heteroatoms.